The van der Waals surface area contributed by atoms with Crippen LogP contribution in [0.2, 0.25) is 0 Å². The van der Waals surface area contributed by atoms with Gasteiger partial charge >= 0.3 is 5.97 Å². The predicted octanol–water partition coefficient (Wildman–Crippen LogP) is 1.06. The van der Waals surface area contributed by atoms with Gasteiger partial charge in [-0.2, -0.15) is 0 Å². The first kappa shape index (κ1) is 16.5. The van der Waals surface area contributed by atoms with Gasteiger partial charge in [-0.25, -0.2) is 0 Å². The maximum Gasteiger partial charge on any atom is 0.321 e. The van der Waals surface area contributed by atoms with Crippen LogP contribution in [-0.4, -0.2) is 39.7 Å². The van der Waals surface area contributed by atoms with Gasteiger partial charge in [0.1, 0.15) is 6.04 Å². The molecule has 1 atom stereocenters. The minimum Gasteiger partial charge on any atom is -0.480 e. The fourth-order valence-corrected chi connectivity index (χ4v) is 1.98. The minimum absolute atomic E-state index is 0.104. The maximum atomic E-state index is 11.6. The van der Waals surface area contributed by atoms with E-state index < -0.39 is 12.0 Å². The third kappa shape index (κ3) is 5.22. The highest BCUT2D eigenvalue weighted by Crippen LogP contribution is 2.23. The Kier molecular flexibility index (Phi) is 5.58. The second-order valence-electron chi connectivity index (χ2n) is 5.33. The number of nitrogens with zero attached hydrogens (tertiary/aromatic N) is 1. The second-order valence-corrected chi connectivity index (χ2v) is 6.36. The van der Waals surface area contributed by atoms with E-state index in [0.29, 0.717) is 0 Å². The van der Waals surface area contributed by atoms with Gasteiger partial charge in [-0.15, -0.1) is 11.8 Å². The van der Waals surface area contributed by atoms with Gasteiger partial charge in [0.15, 0.2) is 0 Å². The fraction of sp³-hybridized carbons (Fsp3) is 0.583. The van der Waals surface area contributed by atoms with Crippen molar-refractivity contribution < 1.29 is 19.2 Å². The van der Waals surface area contributed by atoms with Crippen molar-refractivity contribution >= 4 is 29.5 Å². The minimum atomic E-state index is -1.08. The predicted molar refractivity (Wildman–Crippen MR) is 76.8 cm³/mol. The fourth-order valence-electron chi connectivity index (χ4n) is 1.21. The second kappa shape index (κ2) is 6.76. The highest BCUT2D eigenvalue weighted by atomic mass is 32.2. The largest absolute Gasteiger partial charge is 0.480 e. The van der Waals surface area contributed by atoms with E-state index in [1.807, 2.05) is 20.8 Å². The normalized spacial score (nSPS) is 13.0. The number of carbonyl (C=O) groups is 2. The summed E-state index contributed by atoms with van der Waals surface area (Å²) in [6.45, 7) is 5.96. The third-order valence-corrected chi connectivity index (χ3v) is 3.45. The monoisotopic (exact) mass is 301 g/mol. The molecule has 0 spiro atoms. The lowest BCUT2D eigenvalue weighted by Gasteiger charge is -2.12. The highest BCUT2D eigenvalue weighted by Gasteiger charge is 2.19. The summed E-state index contributed by atoms with van der Waals surface area (Å²) in [7, 11) is 0. The molecule has 0 bridgehead atoms. The molecule has 0 aromatic carbocycles. The average Bonchev–Trinajstić information content (AvgIpc) is 2.76. The summed E-state index contributed by atoms with van der Waals surface area (Å²) < 4.78 is 5.02. The molecule has 7 nitrogen and oxygen atoms in total. The average molecular weight is 301 g/mol. The Hall–Kier alpha value is -1.54. The molecule has 1 amide bonds. The van der Waals surface area contributed by atoms with Crippen LogP contribution in [0.5, 0.6) is 0 Å². The number of rotatable bonds is 6. The van der Waals surface area contributed by atoms with Crippen molar-refractivity contribution in [2.24, 2.45) is 5.73 Å². The van der Waals surface area contributed by atoms with Crippen LogP contribution in [0.4, 0.5) is 5.88 Å². The van der Waals surface area contributed by atoms with Crippen molar-refractivity contribution in [1.29, 1.82) is 0 Å². The van der Waals surface area contributed by atoms with Gasteiger partial charge in [-0.05, 0) is 0 Å². The van der Waals surface area contributed by atoms with Crippen molar-refractivity contribution in [2.75, 3.05) is 16.8 Å². The van der Waals surface area contributed by atoms with E-state index in [4.69, 9.17) is 15.4 Å². The van der Waals surface area contributed by atoms with E-state index in [2.05, 4.69) is 10.5 Å². The molecule has 0 unspecified atom stereocenters. The summed E-state index contributed by atoms with van der Waals surface area (Å²) in [5.41, 5.74) is 5.91. The summed E-state index contributed by atoms with van der Waals surface area (Å²) in [4.78, 5) is 22.1. The number of anilines is 1. The Morgan fingerprint density at radius 3 is 2.70 bits per heavy atom. The zero-order valence-electron chi connectivity index (χ0n) is 11.7. The van der Waals surface area contributed by atoms with E-state index in [9.17, 15) is 9.59 Å². The molecule has 0 aliphatic heterocycles. The summed E-state index contributed by atoms with van der Waals surface area (Å²) in [6, 6.07) is 0.705. The maximum absolute atomic E-state index is 11.6. The number of nitrogens with two attached hydrogens (primary N) is 1. The van der Waals surface area contributed by atoms with Gasteiger partial charge in [-0.3, -0.25) is 14.9 Å². The van der Waals surface area contributed by atoms with Crippen LogP contribution in [0.25, 0.3) is 0 Å². The van der Waals surface area contributed by atoms with E-state index in [0.717, 1.165) is 17.5 Å². The van der Waals surface area contributed by atoms with Gasteiger partial charge in [-0.1, -0.05) is 25.9 Å². The first-order chi connectivity index (χ1) is 9.20. The zero-order chi connectivity index (χ0) is 15.3. The number of hydrogen-bond acceptors (Lipinski definition) is 6. The molecule has 4 N–H and O–H groups in total. The first-order valence-corrected chi connectivity index (χ1v) is 7.19. The summed E-state index contributed by atoms with van der Waals surface area (Å²) in [6.07, 6.45) is 0. The molecule has 0 saturated heterocycles. The van der Waals surface area contributed by atoms with E-state index in [-0.39, 0.29) is 28.7 Å². The molecular formula is C12H19N3O4S. The van der Waals surface area contributed by atoms with Crippen molar-refractivity contribution in [3.8, 4) is 0 Å². The molecule has 112 valence electrons. The zero-order valence-corrected chi connectivity index (χ0v) is 12.5. The van der Waals surface area contributed by atoms with Gasteiger partial charge in [0.2, 0.25) is 11.8 Å². The Labute approximate surface area is 121 Å². The number of amides is 1. The van der Waals surface area contributed by atoms with E-state index in [1.165, 1.54) is 0 Å². The lowest BCUT2D eigenvalue weighted by Crippen LogP contribution is -2.33. The number of thioether (sulfide) groups is 1. The lowest BCUT2D eigenvalue weighted by atomic mass is 9.92. The Bertz CT molecular complexity index is 481. The number of carboxylic acids is 1. The van der Waals surface area contributed by atoms with Crippen molar-refractivity contribution in [2.45, 2.75) is 32.2 Å². The van der Waals surface area contributed by atoms with Gasteiger partial charge in [0.25, 0.3) is 0 Å². The smallest absolute Gasteiger partial charge is 0.321 e. The molecule has 0 fully saturated rings. The Morgan fingerprint density at radius 1 is 1.55 bits per heavy atom. The quantitative estimate of drug-likeness (QED) is 0.718. The van der Waals surface area contributed by atoms with Crippen LogP contribution in [-0.2, 0) is 15.0 Å². The molecule has 0 aliphatic rings. The molecule has 1 heterocycles. The third-order valence-electron chi connectivity index (χ3n) is 2.39. The van der Waals surface area contributed by atoms with Crippen LogP contribution in [0.1, 0.15) is 26.5 Å². The molecule has 1 aromatic heterocycles. The summed E-state index contributed by atoms with van der Waals surface area (Å²) in [5.74, 6) is -0.811. The summed E-state index contributed by atoms with van der Waals surface area (Å²) >= 11 is 1.15. The number of carbonyl (C=O) groups excluding carboxylic acids is 1. The number of hydrogen-bond donors (Lipinski definition) is 3. The Morgan fingerprint density at radius 2 is 2.20 bits per heavy atom. The SMILES string of the molecule is CC(C)(C)c1cc(NC(=O)CSC[C@@H](N)C(=O)O)on1. The number of nitrogens with one attached hydrogen (secondary N) is 1. The number of aliphatic carboxylic acids is 1. The number of aromatic nitrogens is 1. The van der Waals surface area contributed by atoms with E-state index in [1.54, 1.807) is 6.07 Å². The molecular weight excluding hydrogens is 282 g/mol. The van der Waals surface area contributed by atoms with Crippen LogP contribution in [0.3, 0.4) is 0 Å². The molecule has 20 heavy (non-hydrogen) atoms. The van der Waals surface area contributed by atoms with Gasteiger partial charge in [0, 0.05) is 17.2 Å². The number of carboxylic acid groups (broad SMARTS) is 1. The van der Waals surface area contributed by atoms with Crippen LogP contribution >= 0.6 is 11.8 Å². The van der Waals surface area contributed by atoms with Crippen LogP contribution in [0.15, 0.2) is 10.6 Å². The molecule has 0 aliphatic carbocycles. The molecule has 0 saturated carbocycles. The van der Waals surface area contributed by atoms with Crippen LogP contribution < -0.4 is 11.1 Å². The highest BCUT2D eigenvalue weighted by molar-refractivity contribution is 8.00. The molecule has 1 aromatic rings. The molecule has 8 heteroatoms. The topological polar surface area (TPSA) is 118 Å². The summed E-state index contributed by atoms with van der Waals surface area (Å²) in [5, 5.41) is 15.0. The molecule has 0 radical (unpaired) electrons. The first-order valence-electron chi connectivity index (χ1n) is 6.03. The van der Waals surface area contributed by atoms with Crippen molar-refractivity contribution in [3.05, 3.63) is 11.8 Å². The van der Waals surface area contributed by atoms with Crippen molar-refractivity contribution in [3.63, 3.8) is 0 Å². The van der Waals surface area contributed by atoms with Gasteiger partial charge < -0.3 is 15.4 Å². The van der Waals surface area contributed by atoms with Gasteiger partial charge in [0.05, 0.1) is 11.4 Å². The standard InChI is InChI=1S/C12H19N3O4S/c1-12(2,3)8-4-10(19-15-8)14-9(16)6-20-5-7(13)11(17)18/h4,7H,5-6,13H2,1-3H3,(H,14,16)(H,17,18)/t7-/m1/s1. The lowest BCUT2D eigenvalue weighted by molar-refractivity contribution is -0.137. The van der Waals surface area contributed by atoms with Crippen LogP contribution in [0, 0.1) is 0 Å². The molecule has 1 rings (SSSR count). The van der Waals surface area contributed by atoms with E-state index >= 15 is 0 Å². The van der Waals surface area contributed by atoms with Crippen molar-refractivity contribution in [1.82, 2.24) is 5.16 Å². The Balaban J connectivity index is 2.39.